The summed E-state index contributed by atoms with van der Waals surface area (Å²) in [5.41, 5.74) is 1.07. The number of esters is 1. The molecule has 2 unspecified atom stereocenters. The average Bonchev–Trinajstić information content (AvgIpc) is 2.14. The fraction of sp³-hybridized carbons (Fsp3) is 0.727. The molecule has 3 nitrogen and oxygen atoms in total. The molecule has 0 aromatic rings. The second-order valence-corrected chi connectivity index (χ2v) is 7.01. The summed E-state index contributed by atoms with van der Waals surface area (Å²) < 4.78 is 10.6. The van der Waals surface area contributed by atoms with E-state index in [1.807, 2.05) is 13.8 Å². The highest BCUT2D eigenvalue weighted by atomic mass is 28.2. The predicted octanol–water partition coefficient (Wildman–Crippen LogP) is 1.47. The summed E-state index contributed by atoms with van der Waals surface area (Å²) >= 11 is 0. The van der Waals surface area contributed by atoms with Crippen LogP contribution in [-0.2, 0) is 14.3 Å². The Hall–Kier alpha value is -0.613. The van der Waals surface area contributed by atoms with Gasteiger partial charge in [0.15, 0.2) is 0 Å². The Labute approximate surface area is 94.7 Å². The zero-order chi connectivity index (χ0) is 11.8. The minimum Gasteiger partial charge on any atom is -0.464 e. The van der Waals surface area contributed by atoms with Gasteiger partial charge in [0, 0.05) is 18.8 Å². The van der Waals surface area contributed by atoms with Gasteiger partial charge in [0.1, 0.15) is 0 Å². The molecular weight excluding hydrogens is 208 g/mol. The molecule has 0 aliphatic rings. The molecular formula is C11H22O3Si. The van der Waals surface area contributed by atoms with Gasteiger partial charge in [-0.2, -0.15) is 0 Å². The van der Waals surface area contributed by atoms with Crippen molar-refractivity contribution < 1.29 is 14.3 Å². The summed E-state index contributed by atoms with van der Waals surface area (Å²) in [5, 5.41) is 0. The Balaban J connectivity index is 3.77. The summed E-state index contributed by atoms with van der Waals surface area (Å²) in [5.74, 6) is -0.279. The largest absolute Gasteiger partial charge is 0.464 e. The van der Waals surface area contributed by atoms with Crippen molar-refractivity contribution in [3.8, 4) is 0 Å². The third-order valence-corrected chi connectivity index (χ3v) is 3.87. The molecule has 0 aliphatic carbocycles. The third-order valence-electron chi connectivity index (χ3n) is 2.00. The molecule has 15 heavy (non-hydrogen) atoms. The Morgan fingerprint density at radius 1 is 1.47 bits per heavy atom. The Morgan fingerprint density at radius 2 is 2.07 bits per heavy atom. The molecule has 2 atom stereocenters. The lowest BCUT2D eigenvalue weighted by Crippen LogP contribution is -2.25. The van der Waals surface area contributed by atoms with Crippen LogP contribution in [0.2, 0.25) is 5.54 Å². The average molecular weight is 230 g/mol. The first-order valence-corrected chi connectivity index (χ1v) is 7.04. The molecule has 0 spiro atoms. The molecule has 0 rings (SSSR count). The fourth-order valence-electron chi connectivity index (χ4n) is 1.29. The smallest absolute Gasteiger partial charge is 0.333 e. The van der Waals surface area contributed by atoms with E-state index < -0.39 is 9.52 Å². The minimum atomic E-state index is -0.444. The van der Waals surface area contributed by atoms with Gasteiger partial charge in [0.25, 0.3) is 0 Å². The first-order valence-electron chi connectivity index (χ1n) is 5.41. The van der Waals surface area contributed by atoms with Crippen LogP contribution < -0.4 is 0 Å². The predicted molar refractivity (Wildman–Crippen MR) is 64.8 cm³/mol. The van der Waals surface area contributed by atoms with E-state index in [4.69, 9.17) is 9.47 Å². The van der Waals surface area contributed by atoms with Crippen LogP contribution in [0, 0.1) is 0 Å². The van der Waals surface area contributed by atoms with Crippen LogP contribution in [0.3, 0.4) is 0 Å². The van der Waals surface area contributed by atoms with Gasteiger partial charge in [0.2, 0.25) is 0 Å². The Kier molecular flexibility index (Phi) is 7.34. The third kappa shape index (κ3) is 7.33. The summed E-state index contributed by atoms with van der Waals surface area (Å²) in [6, 6.07) is 0. The number of carbonyl (C=O) groups is 1. The number of carbonyl (C=O) groups excluding carboxylic acids is 1. The molecule has 0 aliphatic heterocycles. The molecule has 4 heteroatoms. The highest BCUT2D eigenvalue weighted by Gasteiger charge is 2.14. The summed E-state index contributed by atoms with van der Waals surface area (Å²) in [6.07, 6.45) is 0. The first kappa shape index (κ1) is 14.4. The molecule has 0 saturated heterocycles. The quantitative estimate of drug-likeness (QED) is 0.377. The van der Waals surface area contributed by atoms with Crippen molar-refractivity contribution in [2.45, 2.75) is 39.0 Å². The van der Waals surface area contributed by atoms with Crippen molar-refractivity contribution in [1.29, 1.82) is 0 Å². The van der Waals surface area contributed by atoms with Gasteiger partial charge >= 0.3 is 5.97 Å². The van der Waals surface area contributed by atoms with Gasteiger partial charge < -0.3 is 9.47 Å². The molecule has 0 aromatic carbocycles. The van der Waals surface area contributed by atoms with Crippen LogP contribution in [0.25, 0.3) is 0 Å². The van der Waals surface area contributed by atoms with Crippen molar-refractivity contribution in [1.82, 2.24) is 0 Å². The van der Waals surface area contributed by atoms with Crippen LogP contribution >= 0.6 is 0 Å². The summed E-state index contributed by atoms with van der Waals surface area (Å²) in [6.45, 7) is 12.8. The summed E-state index contributed by atoms with van der Waals surface area (Å²) in [7, 11) is -0.444. The van der Waals surface area contributed by atoms with Crippen LogP contribution in [0.4, 0.5) is 0 Å². The van der Waals surface area contributed by atoms with Crippen LogP contribution in [0.1, 0.15) is 27.7 Å². The van der Waals surface area contributed by atoms with E-state index in [1.54, 1.807) is 6.92 Å². The minimum absolute atomic E-state index is 0.0599. The second kappa shape index (κ2) is 7.65. The zero-order valence-electron chi connectivity index (χ0n) is 10.2. The second-order valence-electron chi connectivity index (χ2n) is 4.00. The van der Waals surface area contributed by atoms with Crippen molar-refractivity contribution in [2.75, 3.05) is 13.2 Å². The topological polar surface area (TPSA) is 35.5 Å². The maximum Gasteiger partial charge on any atom is 0.333 e. The zero-order valence-corrected chi connectivity index (χ0v) is 11.6. The Bertz CT molecular complexity index is 216. The van der Waals surface area contributed by atoms with Gasteiger partial charge in [-0.1, -0.05) is 13.5 Å². The van der Waals surface area contributed by atoms with E-state index in [1.165, 1.54) is 0 Å². The number of ether oxygens (including phenoxy) is 2. The lowest BCUT2D eigenvalue weighted by Gasteiger charge is -2.17. The molecule has 0 bridgehead atoms. The molecule has 0 N–H and O–H groups in total. The van der Waals surface area contributed by atoms with E-state index in [2.05, 4.69) is 13.5 Å². The van der Waals surface area contributed by atoms with Crippen LogP contribution in [0.5, 0.6) is 0 Å². The fourth-order valence-corrected chi connectivity index (χ4v) is 2.97. The lowest BCUT2D eigenvalue weighted by molar-refractivity contribution is -0.140. The molecule has 0 aromatic heterocycles. The van der Waals surface area contributed by atoms with Gasteiger partial charge in [-0.05, 0) is 26.3 Å². The highest BCUT2D eigenvalue weighted by Crippen LogP contribution is 2.07. The SMILES string of the molecule is C=C(C)C(=O)OC(C)[SiH2]C(C)COCC. The molecule has 0 amide bonds. The van der Waals surface area contributed by atoms with Crippen molar-refractivity contribution >= 4 is 15.5 Å². The summed E-state index contributed by atoms with van der Waals surface area (Å²) in [4.78, 5) is 11.2. The van der Waals surface area contributed by atoms with Crippen LogP contribution in [0.15, 0.2) is 12.2 Å². The lowest BCUT2D eigenvalue weighted by atomic mass is 10.4. The number of hydrogen-bond acceptors (Lipinski definition) is 3. The van der Waals surface area contributed by atoms with Gasteiger partial charge in [-0.3, -0.25) is 0 Å². The van der Waals surface area contributed by atoms with Gasteiger partial charge in [-0.15, -0.1) is 0 Å². The van der Waals surface area contributed by atoms with Crippen molar-refractivity contribution in [3.63, 3.8) is 0 Å². The molecule has 0 heterocycles. The number of hydrogen-bond donors (Lipinski definition) is 0. The van der Waals surface area contributed by atoms with E-state index in [9.17, 15) is 4.79 Å². The first-order chi connectivity index (χ1) is 6.97. The Morgan fingerprint density at radius 3 is 2.53 bits per heavy atom. The normalized spacial score (nSPS) is 15.2. The maximum atomic E-state index is 11.2. The monoisotopic (exact) mass is 230 g/mol. The van der Waals surface area contributed by atoms with E-state index in [-0.39, 0.29) is 11.7 Å². The van der Waals surface area contributed by atoms with Crippen molar-refractivity contribution in [3.05, 3.63) is 12.2 Å². The van der Waals surface area contributed by atoms with E-state index >= 15 is 0 Å². The van der Waals surface area contributed by atoms with E-state index in [0.29, 0.717) is 11.1 Å². The van der Waals surface area contributed by atoms with Crippen LogP contribution in [-0.4, -0.2) is 34.4 Å². The van der Waals surface area contributed by atoms with Gasteiger partial charge in [0.05, 0.1) is 15.2 Å². The highest BCUT2D eigenvalue weighted by molar-refractivity contribution is 6.39. The molecule has 0 radical (unpaired) electrons. The standard InChI is InChI=1S/C11H22O3Si/c1-6-13-7-9(4)15-10(5)14-11(12)8(2)3/h9-10H,2,6-7,15H2,1,3-5H3. The van der Waals surface area contributed by atoms with E-state index in [0.717, 1.165) is 13.2 Å². The maximum absolute atomic E-state index is 11.2. The molecule has 0 saturated carbocycles. The molecule has 88 valence electrons. The van der Waals surface area contributed by atoms with Crippen molar-refractivity contribution in [2.24, 2.45) is 0 Å². The number of rotatable bonds is 7. The molecule has 0 fully saturated rings. The van der Waals surface area contributed by atoms with Gasteiger partial charge in [-0.25, -0.2) is 4.79 Å².